The Balaban J connectivity index is 0.967. The zero-order valence-corrected chi connectivity index (χ0v) is 33.3. The maximum Gasteiger partial charge on any atom is 0.405 e. The van der Waals surface area contributed by atoms with E-state index in [1.807, 2.05) is 24.3 Å². The summed E-state index contributed by atoms with van der Waals surface area (Å²) in [6.07, 6.45) is 4.01. The van der Waals surface area contributed by atoms with Gasteiger partial charge >= 0.3 is 12.2 Å². The van der Waals surface area contributed by atoms with Crippen molar-refractivity contribution in [3.05, 3.63) is 143 Å². The smallest absolute Gasteiger partial charge is 0.405 e. The van der Waals surface area contributed by atoms with Crippen LogP contribution in [0.2, 0.25) is 0 Å². The van der Waals surface area contributed by atoms with Crippen molar-refractivity contribution in [2.45, 2.75) is 63.7 Å². The number of imidazole rings is 2. The summed E-state index contributed by atoms with van der Waals surface area (Å²) in [7, 11) is 0. The molecule has 0 radical (unpaired) electrons. The maximum atomic E-state index is 13.8. The number of nitrogens with zero attached hydrogens (tertiary/aromatic N) is 4. The third kappa shape index (κ3) is 7.95. The highest BCUT2D eigenvalue weighted by molar-refractivity contribution is 5.88. The van der Waals surface area contributed by atoms with E-state index < -0.39 is 24.3 Å². The van der Waals surface area contributed by atoms with Gasteiger partial charge in [0.1, 0.15) is 23.7 Å². The SMILES string of the molecule is Cc1c(-c2ccc(-c3cnc(C4CCCN4C(=O)C(NC(=O)O)c4ccccc4)[nH]3)cc2)ccc(-c2cnc([C@@H]3CCCN3C(=O)[C@H](NC(=O)O)c3ccccc3)[nH]2)c1C. The molecule has 2 aliphatic heterocycles. The molecule has 2 unspecified atom stereocenters. The van der Waals surface area contributed by atoms with E-state index in [2.05, 4.69) is 63.7 Å². The molecule has 0 aliphatic carbocycles. The molecule has 60 heavy (non-hydrogen) atoms. The van der Waals surface area contributed by atoms with Gasteiger partial charge in [-0.25, -0.2) is 19.6 Å². The van der Waals surface area contributed by atoms with Crippen LogP contribution >= 0.6 is 0 Å². The summed E-state index contributed by atoms with van der Waals surface area (Å²) in [4.78, 5) is 70.7. The highest BCUT2D eigenvalue weighted by Crippen LogP contribution is 2.38. The zero-order chi connectivity index (χ0) is 41.9. The maximum absolute atomic E-state index is 13.8. The molecule has 4 aromatic carbocycles. The number of nitrogens with one attached hydrogen (secondary N) is 4. The fourth-order valence-corrected chi connectivity index (χ4v) is 8.62. The third-order valence-electron chi connectivity index (χ3n) is 11.8. The quantitative estimate of drug-likeness (QED) is 0.0755. The molecule has 6 aromatic rings. The standard InChI is InChI=1S/C46H46N8O6/c1-27-28(2)34(36-26-48-42(50-36)38-16-10-24-54(38)44(56)40(52-46(59)60)32-13-7-4-8-14-32)22-21-33(27)29-17-19-30(20-18-29)35-25-47-41(49-35)37-15-9-23-53(37)43(55)39(51-45(57)58)31-11-5-3-6-12-31/h3-8,11-14,17-22,25-26,37-40,51-52H,9-10,15-16,23-24H2,1-2H3,(H,47,49)(H,48,50)(H,57,58)(H,59,60)/t37?,38-,39?,40+/m0/s1. The molecular formula is C46H46N8O6. The molecule has 14 nitrogen and oxygen atoms in total. The number of rotatable bonds is 11. The molecule has 0 spiro atoms. The number of aromatic amines is 2. The van der Waals surface area contributed by atoms with Crippen molar-refractivity contribution in [1.82, 2.24) is 40.4 Å². The predicted octanol–water partition coefficient (Wildman–Crippen LogP) is 8.10. The lowest BCUT2D eigenvalue weighted by Gasteiger charge is -2.28. The van der Waals surface area contributed by atoms with Crippen LogP contribution in [0.3, 0.4) is 0 Å². The van der Waals surface area contributed by atoms with E-state index in [-0.39, 0.29) is 23.9 Å². The average molecular weight is 807 g/mol. The van der Waals surface area contributed by atoms with Crippen molar-refractivity contribution in [2.75, 3.05) is 13.1 Å². The van der Waals surface area contributed by atoms with Gasteiger partial charge in [0, 0.05) is 18.7 Å². The van der Waals surface area contributed by atoms with Crippen LogP contribution in [0.15, 0.2) is 109 Å². The molecule has 0 bridgehead atoms. The largest absolute Gasteiger partial charge is 0.465 e. The Morgan fingerprint density at radius 3 is 1.53 bits per heavy atom. The summed E-state index contributed by atoms with van der Waals surface area (Å²) in [5.41, 5.74) is 9.08. The number of benzene rings is 4. The van der Waals surface area contributed by atoms with Crippen LogP contribution in [0.4, 0.5) is 9.59 Å². The van der Waals surface area contributed by atoms with Gasteiger partial charge in [0.25, 0.3) is 11.8 Å². The van der Waals surface area contributed by atoms with E-state index in [1.165, 1.54) is 0 Å². The van der Waals surface area contributed by atoms with E-state index in [0.717, 1.165) is 57.6 Å². The molecule has 4 heterocycles. The molecular weight excluding hydrogens is 761 g/mol. The Morgan fingerprint density at radius 1 is 0.600 bits per heavy atom. The highest BCUT2D eigenvalue weighted by atomic mass is 16.4. The molecule has 0 saturated carbocycles. The zero-order valence-electron chi connectivity index (χ0n) is 33.3. The second-order valence-corrected chi connectivity index (χ2v) is 15.3. The van der Waals surface area contributed by atoms with Crippen molar-refractivity contribution in [2.24, 2.45) is 0 Å². The van der Waals surface area contributed by atoms with Crippen molar-refractivity contribution in [3.8, 4) is 33.6 Å². The van der Waals surface area contributed by atoms with Crippen LogP contribution in [0.25, 0.3) is 33.6 Å². The van der Waals surface area contributed by atoms with Crippen LogP contribution in [0.5, 0.6) is 0 Å². The van der Waals surface area contributed by atoms with E-state index in [0.29, 0.717) is 48.7 Å². The first kappa shape index (κ1) is 39.6. The number of hydrogen-bond donors (Lipinski definition) is 6. The lowest BCUT2D eigenvalue weighted by molar-refractivity contribution is -0.135. The van der Waals surface area contributed by atoms with Gasteiger partial charge in [-0.1, -0.05) is 97.1 Å². The van der Waals surface area contributed by atoms with E-state index in [4.69, 9.17) is 4.98 Å². The summed E-state index contributed by atoms with van der Waals surface area (Å²) >= 11 is 0. The second kappa shape index (κ2) is 16.9. The molecule has 2 saturated heterocycles. The van der Waals surface area contributed by atoms with Gasteiger partial charge in [-0.05, 0) is 78.5 Å². The van der Waals surface area contributed by atoms with E-state index >= 15 is 0 Å². The number of aromatic nitrogens is 4. The van der Waals surface area contributed by atoms with Crippen LogP contribution < -0.4 is 10.6 Å². The lowest BCUT2D eigenvalue weighted by atomic mass is 9.92. The molecule has 306 valence electrons. The molecule has 4 amide bonds. The van der Waals surface area contributed by atoms with E-state index in [9.17, 15) is 29.4 Å². The minimum atomic E-state index is -1.26. The van der Waals surface area contributed by atoms with Crippen LogP contribution in [-0.2, 0) is 9.59 Å². The van der Waals surface area contributed by atoms with Crippen molar-refractivity contribution in [3.63, 3.8) is 0 Å². The average Bonchev–Trinajstić information content (AvgIpc) is 4.10. The minimum absolute atomic E-state index is 0.309. The van der Waals surface area contributed by atoms with Crippen molar-refractivity contribution >= 4 is 24.0 Å². The number of carbonyl (C=O) groups is 4. The highest BCUT2D eigenvalue weighted by Gasteiger charge is 2.38. The van der Waals surface area contributed by atoms with Crippen LogP contribution in [-0.4, -0.2) is 77.0 Å². The Morgan fingerprint density at radius 2 is 1.03 bits per heavy atom. The lowest BCUT2D eigenvalue weighted by Crippen LogP contribution is -2.42. The van der Waals surface area contributed by atoms with Crippen LogP contribution in [0.1, 0.15) is 83.8 Å². The summed E-state index contributed by atoms with van der Waals surface area (Å²) < 4.78 is 0. The summed E-state index contributed by atoms with van der Waals surface area (Å²) in [5, 5.41) is 23.9. The fraction of sp³-hybridized carbons (Fsp3) is 0.261. The first-order valence-corrected chi connectivity index (χ1v) is 20.1. The van der Waals surface area contributed by atoms with Gasteiger partial charge in [0.2, 0.25) is 0 Å². The Hall–Kier alpha value is -7.22. The molecule has 2 aromatic heterocycles. The Kier molecular flexibility index (Phi) is 11.2. The first-order chi connectivity index (χ1) is 29.1. The number of likely N-dealkylation sites (tertiary alicyclic amines) is 2. The molecule has 8 rings (SSSR count). The summed E-state index contributed by atoms with van der Waals surface area (Å²) in [6.45, 7) is 5.18. The van der Waals surface area contributed by atoms with Gasteiger partial charge in [0.05, 0.1) is 35.9 Å². The topological polar surface area (TPSA) is 197 Å². The first-order valence-electron chi connectivity index (χ1n) is 20.1. The van der Waals surface area contributed by atoms with Crippen LogP contribution in [0, 0.1) is 13.8 Å². The van der Waals surface area contributed by atoms with Gasteiger partial charge < -0.3 is 40.6 Å². The van der Waals surface area contributed by atoms with Gasteiger partial charge in [-0.15, -0.1) is 0 Å². The number of hydrogen-bond acceptors (Lipinski definition) is 6. The number of H-pyrrole nitrogens is 2. The molecule has 4 atom stereocenters. The summed E-state index contributed by atoms with van der Waals surface area (Å²) in [6, 6.07) is 27.5. The van der Waals surface area contributed by atoms with Gasteiger partial charge in [-0.2, -0.15) is 0 Å². The Labute approximate surface area is 346 Å². The third-order valence-corrected chi connectivity index (χ3v) is 11.8. The van der Waals surface area contributed by atoms with Crippen molar-refractivity contribution in [1.29, 1.82) is 0 Å². The number of amides is 4. The minimum Gasteiger partial charge on any atom is -0.465 e. The van der Waals surface area contributed by atoms with Gasteiger partial charge in [0.15, 0.2) is 0 Å². The van der Waals surface area contributed by atoms with Crippen molar-refractivity contribution < 1.29 is 29.4 Å². The fourth-order valence-electron chi connectivity index (χ4n) is 8.62. The molecule has 14 heteroatoms. The molecule has 6 N–H and O–H groups in total. The Bertz CT molecular complexity index is 2520. The van der Waals surface area contributed by atoms with Gasteiger partial charge in [-0.3, -0.25) is 9.59 Å². The number of carbonyl (C=O) groups excluding carboxylic acids is 2. The van der Waals surface area contributed by atoms with E-state index in [1.54, 1.807) is 70.7 Å². The monoisotopic (exact) mass is 806 g/mol. The normalized spacial score (nSPS) is 17.3. The second-order valence-electron chi connectivity index (χ2n) is 15.3. The predicted molar refractivity (Wildman–Crippen MR) is 225 cm³/mol. The molecule has 2 fully saturated rings. The number of carboxylic acid groups (broad SMARTS) is 2. The molecule has 2 aliphatic rings. The summed E-state index contributed by atoms with van der Waals surface area (Å²) in [5.74, 6) is 0.701.